The summed E-state index contributed by atoms with van der Waals surface area (Å²) in [5.41, 5.74) is 2.08. The minimum atomic E-state index is -0.109. The lowest BCUT2D eigenvalue weighted by molar-refractivity contribution is -0.149. The van der Waals surface area contributed by atoms with Crippen LogP contribution < -0.4 is 5.32 Å². The van der Waals surface area contributed by atoms with Crippen LogP contribution in [0.15, 0.2) is 24.3 Å². The fraction of sp³-hybridized carbons (Fsp3) is 0.600. The molecule has 1 aliphatic carbocycles. The summed E-state index contributed by atoms with van der Waals surface area (Å²) < 4.78 is 5.85. The van der Waals surface area contributed by atoms with Crippen LogP contribution in [-0.4, -0.2) is 42.0 Å². The van der Waals surface area contributed by atoms with Gasteiger partial charge in [0.25, 0.3) is 0 Å². The van der Waals surface area contributed by atoms with E-state index in [0.717, 1.165) is 24.9 Å². The van der Waals surface area contributed by atoms with Crippen molar-refractivity contribution >= 4 is 17.5 Å². The maximum Gasteiger partial charge on any atom is 0.227 e. The van der Waals surface area contributed by atoms with E-state index in [0.29, 0.717) is 26.0 Å². The van der Waals surface area contributed by atoms with Gasteiger partial charge in [-0.3, -0.25) is 9.59 Å². The van der Waals surface area contributed by atoms with Crippen LogP contribution in [0.1, 0.15) is 44.1 Å². The van der Waals surface area contributed by atoms with Crippen molar-refractivity contribution in [3.63, 3.8) is 0 Å². The van der Waals surface area contributed by atoms with Crippen LogP contribution in [0.3, 0.4) is 0 Å². The van der Waals surface area contributed by atoms with Crippen LogP contribution in [0.4, 0.5) is 5.69 Å². The number of nitrogens with zero attached hydrogens (tertiary/aromatic N) is 1. The number of amides is 2. The number of nitrogens with one attached hydrogen (secondary N) is 1. The lowest BCUT2D eigenvalue weighted by atomic mass is 9.88. The molecule has 0 aromatic heterocycles. The van der Waals surface area contributed by atoms with Crippen molar-refractivity contribution in [1.29, 1.82) is 0 Å². The molecule has 2 amide bonds. The van der Waals surface area contributed by atoms with Gasteiger partial charge in [0.05, 0.1) is 18.8 Å². The number of hydrogen-bond acceptors (Lipinski definition) is 3. The van der Waals surface area contributed by atoms with Gasteiger partial charge in [0, 0.05) is 24.6 Å². The minimum Gasteiger partial charge on any atom is -0.374 e. The number of hydrogen-bond donors (Lipinski definition) is 1. The summed E-state index contributed by atoms with van der Waals surface area (Å²) in [6, 6.07) is 8.16. The minimum absolute atomic E-state index is 0.0454. The van der Waals surface area contributed by atoms with Gasteiger partial charge in [0.2, 0.25) is 11.8 Å². The molecule has 0 bridgehead atoms. The van der Waals surface area contributed by atoms with E-state index < -0.39 is 0 Å². The van der Waals surface area contributed by atoms with Gasteiger partial charge < -0.3 is 15.0 Å². The molecule has 3 aliphatic rings. The van der Waals surface area contributed by atoms with Crippen LogP contribution in [0.2, 0.25) is 0 Å². The predicted molar refractivity (Wildman–Crippen MR) is 95.2 cm³/mol. The van der Waals surface area contributed by atoms with E-state index in [1.165, 1.54) is 18.4 Å². The molecule has 3 atom stereocenters. The molecule has 0 radical (unpaired) electrons. The molecule has 1 N–H and O–H groups in total. The van der Waals surface area contributed by atoms with Gasteiger partial charge in [-0.1, -0.05) is 31.0 Å². The van der Waals surface area contributed by atoms with E-state index in [2.05, 4.69) is 11.4 Å². The van der Waals surface area contributed by atoms with Crippen molar-refractivity contribution in [2.45, 2.75) is 57.1 Å². The maximum absolute atomic E-state index is 12.8. The number of carbonyl (C=O) groups excluding carboxylic acids is 2. The molecule has 0 spiro atoms. The van der Waals surface area contributed by atoms with Crippen molar-refractivity contribution in [2.75, 3.05) is 18.5 Å². The van der Waals surface area contributed by atoms with E-state index in [1.807, 2.05) is 23.1 Å². The Bertz CT molecular complexity index is 658. The zero-order valence-electron chi connectivity index (χ0n) is 14.6. The fourth-order valence-corrected chi connectivity index (χ4v) is 4.49. The molecule has 1 aromatic rings. The highest BCUT2D eigenvalue weighted by atomic mass is 16.5. The monoisotopic (exact) mass is 342 g/mol. The third kappa shape index (κ3) is 3.43. The molecule has 5 nitrogen and oxygen atoms in total. The Kier molecular flexibility index (Phi) is 4.75. The van der Waals surface area contributed by atoms with Crippen molar-refractivity contribution < 1.29 is 14.3 Å². The number of benzene rings is 1. The first-order chi connectivity index (χ1) is 12.2. The van der Waals surface area contributed by atoms with Gasteiger partial charge in [-0.05, 0) is 37.3 Å². The third-order valence-electron chi connectivity index (χ3n) is 5.87. The summed E-state index contributed by atoms with van der Waals surface area (Å²) in [6.45, 7) is 1.34. The molecule has 2 aliphatic heterocycles. The van der Waals surface area contributed by atoms with Crippen molar-refractivity contribution in [3.05, 3.63) is 29.8 Å². The zero-order chi connectivity index (χ0) is 17.2. The fourth-order valence-electron chi connectivity index (χ4n) is 4.49. The van der Waals surface area contributed by atoms with E-state index in [-0.39, 0.29) is 29.9 Å². The Balaban J connectivity index is 1.36. The van der Waals surface area contributed by atoms with E-state index >= 15 is 0 Å². The van der Waals surface area contributed by atoms with Crippen LogP contribution in [0, 0.1) is 5.92 Å². The largest absolute Gasteiger partial charge is 0.374 e. The normalized spacial score (nSPS) is 28.7. The lowest BCUT2D eigenvalue weighted by Gasteiger charge is -2.44. The average molecular weight is 342 g/mol. The van der Waals surface area contributed by atoms with E-state index in [1.54, 1.807) is 0 Å². The Labute approximate surface area is 148 Å². The first-order valence-electron chi connectivity index (χ1n) is 9.52. The van der Waals surface area contributed by atoms with Gasteiger partial charge in [-0.25, -0.2) is 0 Å². The second-order valence-electron chi connectivity index (χ2n) is 7.43. The van der Waals surface area contributed by atoms with E-state index in [9.17, 15) is 9.59 Å². The Morgan fingerprint density at radius 3 is 3.00 bits per heavy atom. The molecular formula is C20H26N2O3. The Morgan fingerprint density at radius 2 is 2.08 bits per heavy atom. The van der Waals surface area contributed by atoms with Gasteiger partial charge in [0.15, 0.2) is 0 Å². The molecule has 1 aromatic carbocycles. The SMILES string of the molecule is O=C1Nc2ccccc2CC1CCC(=O)N1CCOC2CCCCC21. The molecule has 2 fully saturated rings. The molecular weight excluding hydrogens is 316 g/mol. The summed E-state index contributed by atoms with van der Waals surface area (Å²) >= 11 is 0. The smallest absolute Gasteiger partial charge is 0.227 e. The highest BCUT2D eigenvalue weighted by Gasteiger charge is 2.37. The molecule has 3 unspecified atom stereocenters. The lowest BCUT2D eigenvalue weighted by Crippen LogP contribution is -2.54. The van der Waals surface area contributed by atoms with Crippen LogP contribution in [-0.2, 0) is 20.7 Å². The molecule has 2 heterocycles. The van der Waals surface area contributed by atoms with E-state index in [4.69, 9.17) is 4.74 Å². The Hall–Kier alpha value is -1.88. The van der Waals surface area contributed by atoms with Crippen molar-refractivity contribution in [3.8, 4) is 0 Å². The van der Waals surface area contributed by atoms with Gasteiger partial charge in [-0.15, -0.1) is 0 Å². The summed E-state index contributed by atoms with van der Waals surface area (Å²) in [6.07, 6.45) is 6.50. The summed E-state index contributed by atoms with van der Waals surface area (Å²) in [5.74, 6) is 0.123. The first-order valence-corrected chi connectivity index (χ1v) is 9.52. The Morgan fingerprint density at radius 1 is 1.24 bits per heavy atom. The van der Waals surface area contributed by atoms with Crippen LogP contribution >= 0.6 is 0 Å². The summed E-state index contributed by atoms with van der Waals surface area (Å²) in [4.78, 5) is 27.1. The summed E-state index contributed by atoms with van der Waals surface area (Å²) in [5, 5.41) is 2.97. The summed E-state index contributed by atoms with van der Waals surface area (Å²) in [7, 11) is 0. The standard InChI is InChI=1S/C20H26N2O3/c23-19(22-11-12-25-18-8-4-3-7-17(18)22)10-9-15-13-14-5-1-2-6-16(14)21-20(15)24/h1-2,5-6,15,17-18H,3-4,7-13H2,(H,21,24). The number of ether oxygens (including phenoxy) is 1. The maximum atomic E-state index is 12.8. The van der Waals surface area contributed by atoms with Gasteiger partial charge in [0.1, 0.15) is 0 Å². The highest BCUT2D eigenvalue weighted by Crippen LogP contribution is 2.31. The first kappa shape index (κ1) is 16.6. The molecule has 25 heavy (non-hydrogen) atoms. The van der Waals surface area contributed by atoms with Gasteiger partial charge in [-0.2, -0.15) is 0 Å². The number of anilines is 1. The second-order valence-corrected chi connectivity index (χ2v) is 7.43. The van der Waals surface area contributed by atoms with Crippen LogP contribution in [0.25, 0.3) is 0 Å². The quantitative estimate of drug-likeness (QED) is 0.919. The average Bonchev–Trinajstić information content (AvgIpc) is 2.65. The second kappa shape index (κ2) is 7.16. The topological polar surface area (TPSA) is 58.6 Å². The highest BCUT2D eigenvalue weighted by molar-refractivity contribution is 5.96. The molecule has 4 rings (SSSR count). The predicted octanol–water partition coefficient (Wildman–Crippen LogP) is 2.75. The number of carbonyl (C=O) groups is 2. The number of fused-ring (bicyclic) bond motifs is 2. The zero-order valence-corrected chi connectivity index (χ0v) is 14.6. The molecule has 5 heteroatoms. The molecule has 134 valence electrons. The third-order valence-corrected chi connectivity index (χ3v) is 5.87. The molecule has 1 saturated heterocycles. The van der Waals surface area contributed by atoms with Crippen LogP contribution in [0.5, 0.6) is 0 Å². The number of rotatable bonds is 3. The molecule has 1 saturated carbocycles. The van der Waals surface area contributed by atoms with Crippen molar-refractivity contribution in [2.24, 2.45) is 5.92 Å². The number of para-hydroxylation sites is 1. The van der Waals surface area contributed by atoms with Crippen molar-refractivity contribution in [1.82, 2.24) is 4.90 Å². The van der Waals surface area contributed by atoms with Gasteiger partial charge >= 0.3 is 0 Å². The number of morpholine rings is 1.